The van der Waals surface area contributed by atoms with E-state index in [0.717, 1.165) is 46.2 Å². The molecule has 0 saturated carbocycles. The molecule has 1 fully saturated rings. The number of ether oxygens (including phenoxy) is 2. The van der Waals surface area contributed by atoms with Crippen molar-refractivity contribution in [2.45, 2.75) is 32.6 Å². The molecule has 33 heavy (non-hydrogen) atoms. The van der Waals surface area contributed by atoms with Crippen LogP contribution in [0.25, 0.3) is 22.0 Å². The minimum atomic E-state index is -0.466. The average Bonchev–Trinajstić information content (AvgIpc) is 3.26. The topological polar surface area (TPSA) is 97.6 Å². The summed E-state index contributed by atoms with van der Waals surface area (Å²) in [6.07, 6.45) is 3.41. The number of nitrogens with two attached hydrogens (primary N) is 1. The Morgan fingerprint density at radius 1 is 1.12 bits per heavy atom. The third kappa shape index (κ3) is 4.82. The molecule has 3 aromatic rings. The molecule has 174 valence electrons. The number of likely N-dealkylation sites (tertiary alicyclic amines) is 1. The highest BCUT2D eigenvalue weighted by atomic mass is 16.6. The second-order valence-electron chi connectivity index (χ2n) is 9.02. The largest absolute Gasteiger partial charge is 0.497 e. The van der Waals surface area contributed by atoms with Gasteiger partial charge < -0.3 is 25.1 Å². The Kier molecular flexibility index (Phi) is 6.58. The number of fused-ring (bicyclic) bond motifs is 1. The number of nitrogens with zero attached hydrogens (tertiary/aromatic N) is 1. The minimum absolute atomic E-state index is 0.237. The van der Waals surface area contributed by atoms with Gasteiger partial charge in [0.15, 0.2) is 0 Å². The highest BCUT2D eigenvalue weighted by Crippen LogP contribution is 2.37. The van der Waals surface area contributed by atoms with Gasteiger partial charge >= 0.3 is 6.09 Å². The van der Waals surface area contributed by atoms with Gasteiger partial charge in [0.2, 0.25) is 0 Å². The second-order valence-corrected chi connectivity index (χ2v) is 9.02. The monoisotopic (exact) mass is 449 g/mol. The van der Waals surface area contributed by atoms with E-state index < -0.39 is 5.91 Å². The maximum absolute atomic E-state index is 12.3. The first-order valence-corrected chi connectivity index (χ1v) is 11.4. The highest BCUT2D eigenvalue weighted by Gasteiger charge is 2.27. The lowest BCUT2D eigenvalue weighted by Gasteiger charge is -2.31. The van der Waals surface area contributed by atoms with Crippen molar-refractivity contribution in [1.82, 2.24) is 9.88 Å². The van der Waals surface area contributed by atoms with Crippen molar-refractivity contribution in [3.8, 4) is 16.9 Å². The first kappa shape index (κ1) is 22.7. The summed E-state index contributed by atoms with van der Waals surface area (Å²) >= 11 is 0. The summed E-state index contributed by atoms with van der Waals surface area (Å²) in [5.74, 6) is 0.902. The molecule has 0 bridgehead atoms. The number of benzene rings is 2. The molecule has 0 aliphatic carbocycles. The molecule has 1 saturated heterocycles. The maximum atomic E-state index is 12.3. The molecular weight excluding hydrogens is 418 g/mol. The first-order chi connectivity index (χ1) is 15.9. The van der Waals surface area contributed by atoms with E-state index in [0.29, 0.717) is 31.2 Å². The molecule has 2 amide bonds. The normalized spacial score (nSPS) is 14.6. The number of primary amides is 1. The average molecular weight is 450 g/mol. The zero-order valence-electron chi connectivity index (χ0n) is 19.4. The molecule has 0 atom stereocenters. The lowest BCUT2D eigenvalue weighted by atomic mass is 9.88. The van der Waals surface area contributed by atoms with Gasteiger partial charge in [-0.15, -0.1) is 0 Å². The van der Waals surface area contributed by atoms with Crippen LogP contribution in [0.2, 0.25) is 0 Å². The summed E-state index contributed by atoms with van der Waals surface area (Å²) in [6.45, 7) is 5.78. The van der Waals surface area contributed by atoms with Crippen LogP contribution in [-0.4, -0.2) is 48.7 Å². The summed E-state index contributed by atoms with van der Waals surface area (Å²) in [7, 11) is 1.63. The van der Waals surface area contributed by atoms with Crippen LogP contribution in [0, 0.1) is 5.92 Å². The Morgan fingerprint density at radius 2 is 1.82 bits per heavy atom. The Balaban J connectivity index is 1.60. The molecule has 0 spiro atoms. The van der Waals surface area contributed by atoms with E-state index in [9.17, 15) is 9.59 Å². The number of piperidine rings is 1. The van der Waals surface area contributed by atoms with E-state index in [2.05, 4.69) is 11.1 Å². The molecule has 2 aromatic carbocycles. The van der Waals surface area contributed by atoms with E-state index in [1.165, 1.54) is 0 Å². The van der Waals surface area contributed by atoms with Crippen LogP contribution in [0.1, 0.15) is 48.5 Å². The Bertz CT molecular complexity index is 1140. The van der Waals surface area contributed by atoms with E-state index in [4.69, 9.17) is 15.2 Å². The molecule has 3 N–H and O–H groups in total. The molecule has 4 rings (SSSR count). The molecule has 7 heteroatoms. The predicted molar refractivity (Wildman–Crippen MR) is 129 cm³/mol. The SMILES string of the molecule is COc1ccc(-c2cc(C(N)=O)c3[nH]cc(C4CCN(C(=O)OCC(C)C)CC4)c3c2)cc1. The highest BCUT2D eigenvalue weighted by molar-refractivity contribution is 6.07. The smallest absolute Gasteiger partial charge is 0.409 e. The molecule has 7 nitrogen and oxygen atoms in total. The number of aromatic amines is 1. The predicted octanol–water partition coefficient (Wildman–Crippen LogP) is 4.91. The van der Waals surface area contributed by atoms with Crippen LogP contribution in [0.3, 0.4) is 0 Å². The quantitative estimate of drug-likeness (QED) is 0.558. The molecule has 0 radical (unpaired) electrons. The van der Waals surface area contributed by atoms with Crippen molar-refractivity contribution in [3.05, 3.63) is 53.7 Å². The molecule has 1 aliphatic rings. The number of carbonyl (C=O) groups is 2. The number of H-pyrrole nitrogens is 1. The van der Waals surface area contributed by atoms with Crippen LogP contribution >= 0.6 is 0 Å². The van der Waals surface area contributed by atoms with Crippen molar-refractivity contribution in [2.24, 2.45) is 11.7 Å². The zero-order chi connectivity index (χ0) is 23.5. The van der Waals surface area contributed by atoms with Gasteiger partial charge in [-0.2, -0.15) is 0 Å². The Hall–Kier alpha value is -3.48. The molecule has 0 unspecified atom stereocenters. The van der Waals surface area contributed by atoms with E-state index in [1.54, 1.807) is 12.0 Å². The summed E-state index contributed by atoms with van der Waals surface area (Å²) in [5.41, 5.74) is 10.0. The number of carbonyl (C=O) groups excluding carboxylic acids is 2. The Morgan fingerprint density at radius 3 is 2.42 bits per heavy atom. The van der Waals surface area contributed by atoms with Gasteiger partial charge in [-0.1, -0.05) is 26.0 Å². The van der Waals surface area contributed by atoms with Crippen molar-refractivity contribution >= 4 is 22.9 Å². The zero-order valence-corrected chi connectivity index (χ0v) is 19.4. The fraction of sp³-hybridized carbons (Fsp3) is 0.385. The maximum Gasteiger partial charge on any atom is 0.409 e. The summed E-state index contributed by atoms with van der Waals surface area (Å²) < 4.78 is 10.6. The lowest BCUT2D eigenvalue weighted by molar-refractivity contribution is 0.0834. The van der Waals surface area contributed by atoms with Crippen molar-refractivity contribution < 1.29 is 19.1 Å². The van der Waals surface area contributed by atoms with Gasteiger partial charge in [-0.3, -0.25) is 4.79 Å². The number of hydrogen-bond donors (Lipinski definition) is 2. The number of rotatable bonds is 6. The van der Waals surface area contributed by atoms with Gasteiger partial charge in [0.05, 0.1) is 24.8 Å². The molecular formula is C26H31N3O4. The number of nitrogens with one attached hydrogen (secondary N) is 1. The van der Waals surface area contributed by atoms with Crippen LogP contribution in [0.5, 0.6) is 5.75 Å². The van der Waals surface area contributed by atoms with Gasteiger partial charge in [-0.25, -0.2) is 4.79 Å². The van der Waals surface area contributed by atoms with Crippen molar-refractivity contribution in [3.63, 3.8) is 0 Å². The number of aromatic nitrogens is 1. The summed E-state index contributed by atoms with van der Waals surface area (Å²) in [4.78, 5) is 29.6. The van der Waals surface area contributed by atoms with Gasteiger partial charge in [-0.05, 0) is 65.6 Å². The first-order valence-electron chi connectivity index (χ1n) is 11.4. The number of hydrogen-bond acceptors (Lipinski definition) is 4. The van der Waals surface area contributed by atoms with Gasteiger partial charge in [0.25, 0.3) is 5.91 Å². The van der Waals surface area contributed by atoms with Crippen molar-refractivity contribution in [2.75, 3.05) is 26.8 Å². The van der Waals surface area contributed by atoms with E-state index in [1.807, 2.05) is 50.4 Å². The third-order valence-corrected chi connectivity index (χ3v) is 6.24. The molecule has 1 aromatic heterocycles. The van der Waals surface area contributed by atoms with Crippen LogP contribution in [-0.2, 0) is 4.74 Å². The lowest BCUT2D eigenvalue weighted by Crippen LogP contribution is -2.38. The Labute approximate surface area is 193 Å². The van der Waals surface area contributed by atoms with Gasteiger partial charge in [0.1, 0.15) is 5.75 Å². The van der Waals surface area contributed by atoms with Crippen LogP contribution in [0.15, 0.2) is 42.6 Å². The fourth-order valence-corrected chi connectivity index (χ4v) is 4.44. The van der Waals surface area contributed by atoms with Crippen LogP contribution in [0.4, 0.5) is 4.79 Å². The third-order valence-electron chi connectivity index (χ3n) is 6.24. The standard InChI is InChI=1S/C26H31N3O4/c1-16(2)15-33-26(31)29-10-8-18(9-11-29)23-14-28-24-21(23)12-19(13-22(24)25(27)30)17-4-6-20(32-3)7-5-17/h4-7,12-14,16,18,28H,8-11,15H2,1-3H3,(H2,27,30). The summed E-state index contributed by atoms with van der Waals surface area (Å²) in [6, 6.07) is 11.7. The van der Waals surface area contributed by atoms with Gasteiger partial charge in [0, 0.05) is 24.7 Å². The van der Waals surface area contributed by atoms with E-state index >= 15 is 0 Å². The van der Waals surface area contributed by atoms with E-state index in [-0.39, 0.29) is 12.0 Å². The summed E-state index contributed by atoms with van der Waals surface area (Å²) in [5, 5.41) is 0.998. The molecule has 2 heterocycles. The number of amides is 2. The van der Waals surface area contributed by atoms with Crippen LogP contribution < -0.4 is 10.5 Å². The van der Waals surface area contributed by atoms with Crippen molar-refractivity contribution in [1.29, 1.82) is 0 Å². The molecule has 1 aliphatic heterocycles. The minimum Gasteiger partial charge on any atom is -0.497 e. The second kappa shape index (κ2) is 9.57. The fourth-order valence-electron chi connectivity index (χ4n) is 4.44. The number of methoxy groups -OCH3 is 1.